The Balaban J connectivity index is 1.55. The van der Waals surface area contributed by atoms with Gasteiger partial charge in [-0.3, -0.25) is 9.78 Å². The minimum absolute atomic E-state index is 0.0753. The van der Waals surface area contributed by atoms with Crippen molar-refractivity contribution in [2.24, 2.45) is 17.6 Å². The molecule has 3 aromatic rings. The monoisotopic (exact) mass is 413 g/mol. The lowest BCUT2D eigenvalue weighted by molar-refractivity contribution is -0.127. The SMILES string of the molecule is NC[C@H]1CC[C@H](C(=O)NC(Cc2ccccc2)c2cncc(-c3ccccc3)c2)CC1. The minimum atomic E-state index is -0.113. The van der Waals surface area contributed by atoms with Crippen molar-refractivity contribution in [3.63, 3.8) is 0 Å². The maximum absolute atomic E-state index is 13.2. The second-order valence-electron chi connectivity index (χ2n) is 8.58. The van der Waals surface area contributed by atoms with E-state index in [0.717, 1.165) is 55.3 Å². The van der Waals surface area contributed by atoms with Gasteiger partial charge in [0.05, 0.1) is 6.04 Å². The second-order valence-corrected chi connectivity index (χ2v) is 8.58. The number of pyridine rings is 1. The van der Waals surface area contributed by atoms with E-state index in [1.54, 1.807) is 0 Å². The summed E-state index contributed by atoms with van der Waals surface area (Å²) in [5, 5.41) is 3.35. The first-order valence-electron chi connectivity index (χ1n) is 11.3. The largest absolute Gasteiger partial charge is 0.349 e. The molecule has 0 aliphatic heterocycles. The molecular formula is C27H31N3O. The van der Waals surface area contributed by atoms with Crippen LogP contribution in [0.15, 0.2) is 79.1 Å². The number of hydrogen-bond acceptors (Lipinski definition) is 3. The molecule has 1 saturated carbocycles. The molecule has 0 spiro atoms. The van der Waals surface area contributed by atoms with E-state index in [-0.39, 0.29) is 17.9 Å². The average molecular weight is 414 g/mol. The van der Waals surface area contributed by atoms with Gasteiger partial charge >= 0.3 is 0 Å². The smallest absolute Gasteiger partial charge is 0.223 e. The summed E-state index contributed by atoms with van der Waals surface area (Å²) in [5.74, 6) is 0.795. The number of hydrogen-bond donors (Lipinski definition) is 2. The number of benzene rings is 2. The van der Waals surface area contributed by atoms with Crippen molar-refractivity contribution < 1.29 is 4.79 Å². The number of amides is 1. The zero-order valence-corrected chi connectivity index (χ0v) is 17.9. The van der Waals surface area contributed by atoms with Gasteiger partial charge in [-0.05, 0) is 67.3 Å². The van der Waals surface area contributed by atoms with Crippen molar-refractivity contribution >= 4 is 5.91 Å². The number of aromatic nitrogens is 1. The van der Waals surface area contributed by atoms with Crippen LogP contribution >= 0.6 is 0 Å². The van der Waals surface area contributed by atoms with Gasteiger partial charge in [0.1, 0.15) is 0 Å². The molecule has 0 bridgehead atoms. The van der Waals surface area contributed by atoms with E-state index in [4.69, 9.17) is 5.73 Å². The molecule has 2 aromatic carbocycles. The zero-order chi connectivity index (χ0) is 21.5. The van der Waals surface area contributed by atoms with Crippen LogP contribution in [0.5, 0.6) is 0 Å². The Morgan fingerprint density at radius 3 is 2.29 bits per heavy atom. The molecule has 1 atom stereocenters. The Morgan fingerprint density at radius 2 is 1.61 bits per heavy atom. The van der Waals surface area contributed by atoms with Crippen molar-refractivity contribution in [3.8, 4) is 11.1 Å². The van der Waals surface area contributed by atoms with Gasteiger partial charge < -0.3 is 11.1 Å². The van der Waals surface area contributed by atoms with Gasteiger partial charge in [-0.15, -0.1) is 0 Å². The second kappa shape index (κ2) is 10.4. The lowest BCUT2D eigenvalue weighted by Crippen LogP contribution is -2.37. The van der Waals surface area contributed by atoms with Crippen molar-refractivity contribution in [2.45, 2.75) is 38.1 Å². The normalized spacial score (nSPS) is 19.5. The summed E-state index contributed by atoms with van der Waals surface area (Å²) in [5.41, 5.74) is 10.2. The Kier molecular flexibility index (Phi) is 7.11. The van der Waals surface area contributed by atoms with E-state index in [1.807, 2.05) is 48.8 Å². The third-order valence-corrected chi connectivity index (χ3v) is 6.42. The van der Waals surface area contributed by atoms with Crippen LogP contribution in [-0.4, -0.2) is 17.4 Å². The van der Waals surface area contributed by atoms with E-state index in [1.165, 1.54) is 5.56 Å². The summed E-state index contributed by atoms with van der Waals surface area (Å²) >= 11 is 0. The van der Waals surface area contributed by atoms with Crippen LogP contribution in [0.4, 0.5) is 0 Å². The topological polar surface area (TPSA) is 68.0 Å². The molecule has 4 nitrogen and oxygen atoms in total. The van der Waals surface area contributed by atoms with Gasteiger partial charge in [-0.25, -0.2) is 0 Å². The van der Waals surface area contributed by atoms with Gasteiger partial charge in [-0.1, -0.05) is 60.7 Å². The molecule has 1 heterocycles. The van der Waals surface area contributed by atoms with Crippen molar-refractivity contribution in [1.29, 1.82) is 0 Å². The predicted molar refractivity (Wildman–Crippen MR) is 125 cm³/mol. The number of nitrogens with two attached hydrogens (primary N) is 1. The highest BCUT2D eigenvalue weighted by Crippen LogP contribution is 2.30. The first-order chi connectivity index (χ1) is 15.2. The molecule has 4 heteroatoms. The molecule has 4 rings (SSSR count). The molecule has 1 aliphatic rings. The Morgan fingerprint density at radius 1 is 0.935 bits per heavy atom. The lowest BCUT2D eigenvalue weighted by atomic mass is 9.81. The summed E-state index contributed by atoms with van der Waals surface area (Å²) < 4.78 is 0. The van der Waals surface area contributed by atoms with E-state index in [9.17, 15) is 4.79 Å². The van der Waals surface area contributed by atoms with Crippen LogP contribution in [0.1, 0.15) is 42.9 Å². The van der Waals surface area contributed by atoms with Crippen molar-refractivity contribution in [3.05, 3.63) is 90.3 Å². The number of nitrogens with one attached hydrogen (secondary N) is 1. The minimum Gasteiger partial charge on any atom is -0.349 e. The number of nitrogens with zero attached hydrogens (tertiary/aromatic N) is 1. The summed E-state index contributed by atoms with van der Waals surface area (Å²) in [6.45, 7) is 0.725. The van der Waals surface area contributed by atoms with Gasteiger partial charge in [0.25, 0.3) is 0 Å². The first kappa shape index (κ1) is 21.3. The third-order valence-electron chi connectivity index (χ3n) is 6.42. The maximum atomic E-state index is 13.2. The number of carbonyl (C=O) groups excluding carboxylic acids is 1. The average Bonchev–Trinajstić information content (AvgIpc) is 2.85. The summed E-state index contributed by atoms with van der Waals surface area (Å²) in [4.78, 5) is 17.7. The highest BCUT2D eigenvalue weighted by atomic mass is 16.1. The van der Waals surface area contributed by atoms with Crippen LogP contribution in [-0.2, 0) is 11.2 Å². The predicted octanol–water partition coefficient (Wildman–Crippen LogP) is 4.91. The Hall–Kier alpha value is -2.98. The summed E-state index contributed by atoms with van der Waals surface area (Å²) in [6, 6.07) is 22.6. The van der Waals surface area contributed by atoms with Crippen LogP contribution < -0.4 is 11.1 Å². The molecule has 0 saturated heterocycles. The number of carbonyl (C=O) groups is 1. The molecule has 160 valence electrons. The zero-order valence-electron chi connectivity index (χ0n) is 17.9. The Bertz CT molecular complexity index is 966. The van der Waals surface area contributed by atoms with Crippen molar-refractivity contribution in [1.82, 2.24) is 10.3 Å². The van der Waals surface area contributed by atoms with Crippen LogP contribution in [0.25, 0.3) is 11.1 Å². The van der Waals surface area contributed by atoms with E-state index in [0.29, 0.717) is 5.92 Å². The third kappa shape index (κ3) is 5.59. The molecule has 1 unspecified atom stereocenters. The fraction of sp³-hybridized carbons (Fsp3) is 0.333. The molecule has 31 heavy (non-hydrogen) atoms. The summed E-state index contributed by atoms with van der Waals surface area (Å²) in [7, 11) is 0. The maximum Gasteiger partial charge on any atom is 0.223 e. The highest BCUT2D eigenvalue weighted by molar-refractivity contribution is 5.79. The van der Waals surface area contributed by atoms with Crippen LogP contribution in [0.2, 0.25) is 0 Å². The van der Waals surface area contributed by atoms with Gasteiger partial charge in [0.15, 0.2) is 0 Å². The molecular weight excluding hydrogens is 382 g/mol. The quantitative estimate of drug-likeness (QED) is 0.578. The fourth-order valence-electron chi connectivity index (χ4n) is 4.49. The van der Waals surface area contributed by atoms with E-state index < -0.39 is 0 Å². The molecule has 0 radical (unpaired) electrons. The highest BCUT2D eigenvalue weighted by Gasteiger charge is 2.27. The van der Waals surface area contributed by atoms with Gasteiger partial charge in [0, 0.05) is 23.9 Å². The summed E-state index contributed by atoms with van der Waals surface area (Å²) in [6.07, 6.45) is 8.44. The Labute approximate surface area is 184 Å². The van der Waals surface area contributed by atoms with Crippen LogP contribution in [0.3, 0.4) is 0 Å². The van der Waals surface area contributed by atoms with Crippen LogP contribution in [0, 0.1) is 11.8 Å². The van der Waals surface area contributed by atoms with E-state index >= 15 is 0 Å². The lowest BCUT2D eigenvalue weighted by Gasteiger charge is -2.29. The molecule has 3 N–H and O–H groups in total. The standard InChI is InChI=1S/C27H31N3O/c28-17-21-11-13-23(14-12-21)27(31)30-26(15-20-7-3-1-4-8-20)25-16-24(18-29-19-25)22-9-5-2-6-10-22/h1-10,16,18-19,21,23,26H,11-15,17,28H2,(H,30,31)/t21-,23-,26?. The van der Waals surface area contributed by atoms with E-state index in [2.05, 4.69) is 40.6 Å². The molecule has 1 fully saturated rings. The molecule has 1 aromatic heterocycles. The molecule has 1 aliphatic carbocycles. The fourth-order valence-corrected chi connectivity index (χ4v) is 4.49. The van der Waals surface area contributed by atoms with Gasteiger partial charge in [-0.2, -0.15) is 0 Å². The first-order valence-corrected chi connectivity index (χ1v) is 11.3. The molecule has 1 amide bonds. The van der Waals surface area contributed by atoms with Gasteiger partial charge in [0.2, 0.25) is 5.91 Å². The number of rotatable bonds is 7. The van der Waals surface area contributed by atoms with Crippen molar-refractivity contribution in [2.75, 3.05) is 6.54 Å².